The van der Waals surface area contributed by atoms with E-state index >= 15 is 0 Å². The van der Waals surface area contributed by atoms with Gasteiger partial charge in [0.2, 0.25) is 5.91 Å². The van der Waals surface area contributed by atoms with Gasteiger partial charge in [0.05, 0.1) is 6.54 Å². The summed E-state index contributed by atoms with van der Waals surface area (Å²) in [7, 11) is 0. The van der Waals surface area contributed by atoms with Gasteiger partial charge in [0.15, 0.2) is 0 Å². The van der Waals surface area contributed by atoms with Crippen LogP contribution in [0.4, 0.5) is 0 Å². The van der Waals surface area contributed by atoms with Crippen LogP contribution in [0.3, 0.4) is 0 Å². The van der Waals surface area contributed by atoms with Crippen LogP contribution in [0.25, 0.3) is 0 Å². The fourth-order valence-electron chi connectivity index (χ4n) is 1.93. The normalized spacial score (nSPS) is 10.1. The zero-order valence-corrected chi connectivity index (χ0v) is 11.0. The zero-order valence-electron chi connectivity index (χ0n) is 11.0. The highest BCUT2D eigenvalue weighted by Crippen LogP contribution is 2.05. The van der Waals surface area contributed by atoms with E-state index in [2.05, 4.69) is 17.4 Å². The Morgan fingerprint density at radius 2 is 1.42 bits per heavy atom. The van der Waals surface area contributed by atoms with E-state index in [1.807, 2.05) is 48.5 Å². The second kappa shape index (κ2) is 7.37. The number of carbonyl (C=O) groups is 1. The van der Waals surface area contributed by atoms with E-state index in [1.165, 1.54) is 5.56 Å². The Morgan fingerprint density at radius 1 is 0.842 bits per heavy atom. The van der Waals surface area contributed by atoms with E-state index in [0.717, 1.165) is 18.4 Å². The quantitative estimate of drug-likeness (QED) is 0.775. The van der Waals surface area contributed by atoms with Gasteiger partial charge >= 0.3 is 0 Å². The minimum absolute atomic E-state index is 0.000200. The fourth-order valence-corrected chi connectivity index (χ4v) is 1.93. The molecule has 2 aromatic rings. The van der Waals surface area contributed by atoms with Gasteiger partial charge in [-0.3, -0.25) is 4.79 Å². The largest absolute Gasteiger partial charge is 0.273 e. The van der Waals surface area contributed by atoms with Gasteiger partial charge in [-0.15, -0.1) is 0 Å². The van der Waals surface area contributed by atoms with Gasteiger partial charge < -0.3 is 0 Å². The predicted molar refractivity (Wildman–Crippen MR) is 76.7 cm³/mol. The summed E-state index contributed by atoms with van der Waals surface area (Å²) >= 11 is 0. The molecule has 0 spiro atoms. The third kappa shape index (κ3) is 4.96. The van der Waals surface area contributed by atoms with Crippen molar-refractivity contribution in [3.8, 4) is 0 Å². The van der Waals surface area contributed by atoms with Gasteiger partial charge in [-0.1, -0.05) is 60.7 Å². The summed E-state index contributed by atoms with van der Waals surface area (Å²) in [5.41, 5.74) is 2.36. The molecule has 0 bridgehead atoms. The molecule has 2 aromatic carbocycles. The smallest absolute Gasteiger partial charge is 0.241 e. The first-order valence-electron chi connectivity index (χ1n) is 6.63. The summed E-state index contributed by atoms with van der Waals surface area (Å²) in [6.07, 6.45) is 2.33. The first kappa shape index (κ1) is 13.3. The molecule has 19 heavy (non-hydrogen) atoms. The minimum Gasteiger partial charge on any atom is -0.273 e. The van der Waals surface area contributed by atoms with E-state index < -0.39 is 0 Å². The molecule has 0 fully saturated rings. The van der Waals surface area contributed by atoms with Crippen molar-refractivity contribution in [1.82, 2.24) is 5.32 Å². The number of hydrogen-bond acceptors (Lipinski definition) is 1. The highest BCUT2D eigenvalue weighted by atomic mass is 16.1. The maximum Gasteiger partial charge on any atom is 0.241 e. The van der Waals surface area contributed by atoms with Crippen molar-refractivity contribution >= 4 is 5.91 Å². The number of hydrogen-bond donors (Lipinski definition) is 0. The molecule has 97 valence electrons. The minimum atomic E-state index is -0.000200. The predicted octanol–water partition coefficient (Wildman–Crippen LogP) is 3.34. The van der Waals surface area contributed by atoms with Gasteiger partial charge in [-0.25, -0.2) is 5.32 Å². The Hall–Kier alpha value is -2.09. The van der Waals surface area contributed by atoms with E-state index in [0.29, 0.717) is 13.0 Å². The first-order valence-corrected chi connectivity index (χ1v) is 6.63. The zero-order chi connectivity index (χ0) is 13.3. The van der Waals surface area contributed by atoms with Crippen LogP contribution >= 0.6 is 0 Å². The van der Waals surface area contributed by atoms with Gasteiger partial charge in [0.1, 0.15) is 0 Å². The number of benzene rings is 2. The molecule has 0 heterocycles. The summed E-state index contributed by atoms with van der Waals surface area (Å²) in [4.78, 5) is 11.6. The number of carbonyl (C=O) groups excluding carboxylic acids is 1. The average Bonchev–Trinajstić information content (AvgIpc) is 2.47. The van der Waals surface area contributed by atoms with Crippen molar-refractivity contribution in [3.05, 3.63) is 71.8 Å². The van der Waals surface area contributed by atoms with Crippen LogP contribution in [0.5, 0.6) is 0 Å². The lowest BCUT2D eigenvalue weighted by molar-refractivity contribution is -0.121. The molecule has 0 aliphatic heterocycles. The Morgan fingerprint density at radius 3 is 2.05 bits per heavy atom. The van der Waals surface area contributed by atoms with Gasteiger partial charge in [-0.05, 0) is 24.0 Å². The topological polar surface area (TPSA) is 31.2 Å². The van der Waals surface area contributed by atoms with E-state index in [9.17, 15) is 4.79 Å². The Balaban J connectivity index is 1.65. The van der Waals surface area contributed by atoms with Crippen molar-refractivity contribution < 1.29 is 4.79 Å². The molecule has 1 radical (unpaired) electrons. The summed E-state index contributed by atoms with van der Waals surface area (Å²) in [5.74, 6) is -0.000200. The summed E-state index contributed by atoms with van der Waals surface area (Å²) in [6.45, 7) is 0.491. The van der Waals surface area contributed by atoms with Crippen molar-refractivity contribution in [3.63, 3.8) is 0 Å². The second-order valence-electron chi connectivity index (χ2n) is 4.53. The number of nitrogens with zero attached hydrogens (tertiary/aromatic N) is 1. The standard InChI is InChI=1S/C17H18NO/c19-17(18-14-16-10-5-2-6-11-16)13-7-12-15-8-3-1-4-9-15/h1-6,8-11H,7,12-14H2. The van der Waals surface area contributed by atoms with Crippen molar-refractivity contribution in [2.75, 3.05) is 0 Å². The lowest BCUT2D eigenvalue weighted by Gasteiger charge is -2.03. The lowest BCUT2D eigenvalue weighted by Crippen LogP contribution is -2.15. The third-order valence-electron chi connectivity index (χ3n) is 2.98. The molecule has 0 saturated carbocycles. The van der Waals surface area contributed by atoms with Crippen LogP contribution < -0.4 is 5.32 Å². The third-order valence-corrected chi connectivity index (χ3v) is 2.98. The van der Waals surface area contributed by atoms with Crippen LogP contribution in [0.15, 0.2) is 60.7 Å². The van der Waals surface area contributed by atoms with Crippen molar-refractivity contribution in [1.29, 1.82) is 0 Å². The Labute approximate surface area is 114 Å². The highest BCUT2D eigenvalue weighted by Gasteiger charge is 2.03. The molecule has 0 atom stereocenters. The monoisotopic (exact) mass is 252 g/mol. The Bertz CT molecular complexity index is 493. The Kier molecular flexibility index (Phi) is 5.17. The fraction of sp³-hybridized carbons (Fsp3) is 0.235. The summed E-state index contributed by atoms with van der Waals surface area (Å²) < 4.78 is 0. The van der Waals surface area contributed by atoms with E-state index in [1.54, 1.807) is 0 Å². The second-order valence-corrected chi connectivity index (χ2v) is 4.53. The molecular formula is C17H18NO. The molecule has 0 N–H and O–H groups in total. The van der Waals surface area contributed by atoms with Crippen molar-refractivity contribution in [2.45, 2.75) is 25.8 Å². The molecule has 0 unspecified atom stereocenters. The van der Waals surface area contributed by atoms with Crippen molar-refractivity contribution in [2.24, 2.45) is 0 Å². The first-order chi connectivity index (χ1) is 9.34. The van der Waals surface area contributed by atoms with Crippen LogP contribution in [0.2, 0.25) is 0 Å². The van der Waals surface area contributed by atoms with E-state index in [-0.39, 0.29) is 5.91 Å². The molecule has 0 saturated heterocycles. The van der Waals surface area contributed by atoms with Crippen LogP contribution in [0, 0.1) is 0 Å². The average molecular weight is 252 g/mol. The van der Waals surface area contributed by atoms with Crippen LogP contribution in [-0.4, -0.2) is 5.91 Å². The van der Waals surface area contributed by atoms with Crippen LogP contribution in [0.1, 0.15) is 24.0 Å². The van der Waals surface area contributed by atoms with E-state index in [4.69, 9.17) is 0 Å². The SMILES string of the molecule is O=C(CCCc1ccccc1)[N]Cc1ccccc1. The molecule has 2 nitrogen and oxygen atoms in total. The molecule has 1 amide bonds. The maximum absolute atomic E-state index is 11.6. The van der Waals surface area contributed by atoms with Gasteiger partial charge in [-0.2, -0.15) is 0 Å². The number of amides is 1. The molecule has 0 aliphatic carbocycles. The highest BCUT2D eigenvalue weighted by molar-refractivity contribution is 5.75. The molecule has 2 rings (SSSR count). The number of aryl methyl sites for hydroxylation is 1. The molecule has 0 aromatic heterocycles. The molecular weight excluding hydrogens is 234 g/mol. The van der Waals surface area contributed by atoms with Crippen LogP contribution in [-0.2, 0) is 17.8 Å². The van der Waals surface area contributed by atoms with Gasteiger partial charge in [0, 0.05) is 6.42 Å². The molecule has 2 heteroatoms. The maximum atomic E-state index is 11.6. The number of rotatable bonds is 6. The van der Waals surface area contributed by atoms with Gasteiger partial charge in [0.25, 0.3) is 0 Å². The lowest BCUT2D eigenvalue weighted by atomic mass is 10.1. The summed E-state index contributed by atoms with van der Waals surface area (Å²) in [5, 5.41) is 4.09. The summed E-state index contributed by atoms with van der Waals surface area (Å²) in [6, 6.07) is 20.1. The molecule has 0 aliphatic rings.